The van der Waals surface area contributed by atoms with Crippen LogP contribution in [0.15, 0.2) is 18.2 Å². The quantitative estimate of drug-likeness (QED) is 0.900. The lowest BCUT2D eigenvalue weighted by molar-refractivity contribution is 0.204. The highest BCUT2D eigenvalue weighted by Gasteiger charge is 2.21. The number of para-hydroxylation sites is 1. The van der Waals surface area contributed by atoms with Crippen molar-refractivity contribution < 1.29 is 4.74 Å². The van der Waals surface area contributed by atoms with Crippen LogP contribution in [-0.4, -0.2) is 12.6 Å². The molecule has 0 heterocycles. The van der Waals surface area contributed by atoms with Crippen molar-refractivity contribution in [2.45, 2.75) is 40.7 Å². The first-order valence-corrected chi connectivity index (χ1v) is 5.77. The van der Waals surface area contributed by atoms with Crippen LogP contribution in [0.1, 0.15) is 31.9 Å². The fourth-order valence-corrected chi connectivity index (χ4v) is 1.45. The molecule has 0 saturated heterocycles. The summed E-state index contributed by atoms with van der Waals surface area (Å²) in [6.45, 7) is 11.1. The van der Waals surface area contributed by atoms with Crippen molar-refractivity contribution >= 4 is 12.4 Å². The molecule has 98 valence electrons. The Bertz CT molecular complexity index is 337. The molecule has 0 aliphatic heterocycles. The Labute approximate surface area is 111 Å². The van der Waals surface area contributed by atoms with Crippen molar-refractivity contribution in [2.24, 2.45) is 11.1 Å². The molecule has 3 heteroatoms. The summed E-state index contributed by atoms with van der Waals surface area (Å²) in [5.74, 6) is 0.974. The van der Waals surface area contributed by atoms with E-state index in [1.54, 1.807) is 0 Å². The first kappa shape index (κ1) is 16.3. The minimum atomic E-state index is 0. The molecule has 0 bridgehead atoms. The van der Waals surface area contributed by atoms with Crippen LogP contribution in [0.25, 0.3) is 0 Å². The first-order chi connectivity index (χ1) is 7.32. The summed E-state index contributed by atoms with van der Waals surface area (Å²) in [5, 5.41) is 0. The summed E-state index contributed by atoms with van der Waals surface area (Å²) in [6.07, 6.45) is 0. The van der Waals surface area contributed by atoms with Gasteiger partial charge in [0.1, 0.15) is 12.4 Å². The monoisotopic (exact) mass is 257 g/mol. The molecule has 0 radical (unpaired) electrons. The number of nitrogens with two attached hydrogens (primary N) is 1. The highest BCUT2D eigenvalue weighted by molar-refractivity contribution is 5.85. The summed E-state index contributed by atoms with van der Waals surface area (Å²) >= 11 is 0. The average Bonchev–Trinajstić information content (AvgIpc) is 2.15. The Morgan fingerprint density at radius 3 is 2.06 bits per heavy atom. The molecule has 0 fully saturated rings. The van der Waals surface area contributed by atoms with Gasteiger partial charge in [-0.1, -0.05) is 39.0 Å². The third-order valence-corrected chi connectivity index (χ3v) is 2.93. The van der Waals surface area contributed by atoms with E-state index in [4.69, 9.17) is 10.5 Å². The van der Waals surface area contributed by atoms with Gasteiger partial charge in [-0.25, -0.2) is 0 Å². The van der Waals surface area contributed by atoms with Gasteiger partial charge in [-0.15, -0.1) is 12.4 Å². The van der Waals surface area contributed by atoms with E-state index in [1.165, 1.54) is 11.1 Å². The zero-order chi connectivity index (χ0) is 12.3. The lowest BCUT2D eigenvalue weighted by Gasteiger charge is -2.27. The molecule has 1 atom stereocenters. The molecule has 0 aliphatic carbocycles. The Morgan fingerprint density at radius 2 is 1.65 bits per heavy atom. The number of ether oxygens (including phenoxy) is 1. The van der Waals surface area contributed by atoms with Crippen LogP contribution in [0, 0.1) is 19.3 Å². The zero-order valence-electron chi connectivity index (χ0n) is 11.4. The first-order valence-electron chi connectivity index (χ1n) is 5.77. The van der Waals surface area contributed by atoms with Gasteiger partial charge in [-0.2, -0.15) is 0 Å². The fourth-order valence-electron chi connectivity index (χ4n) is 1.45. The lowest BCUT2D eigenvalue weighted by Crippen LogP contribution is -2.40. The molecular formula is C14H24ClNO. The van der Waals surface area contributed by atoms with E-state index in [1.807, 2.05) is 6.07 Å². The summed E-state index contributed by atoms with van der Waals surface area (Å²) in [7, 11) is 0. The molecule has 1 rings (SSSR count). The van der Waals surface area contributed by atoms with E-state index in [2.05, 4.69) is 46.8 Å². The Hall–Kier alpha value is -0.730. The van der Waals surface area contributed by atoms with E-state index < -0.39 is 0 Å². The molecule has 17 heavy (non-hydrogen) atoms. The van der Waals surface area contributed by atoms with E-state index in [0.29, 0.717) is 6.61 Å². The SMILES string of the molecule is Cc1cccc(C)c1OCC(N)C(C)(C)C.Cl. The van der Waals surface area contributed by atoms with Crippen LogP contribution in [0.2, 0.25) is 0 Å². The number of hydrogen-bond donors (Lipinski definition) is 1. The van der Waals surface area contributed by atoms with Crippen molar-refractivity contribution in [3.05, 3.63) is 29.3 Å². The van der Waals surface area contributed by atoms with Crippen molar-refractivity contribution in [1.29, 1.82) is 0 Å². The van der Waals surface area contributed by atoms with Gasteiger partial charge in [0.2, 0.25) is 0 Å². The van der Waals surface area contributed by atoms with Gasteiger partial charge >= 0.3 is 0 Å². The van der Waals surface area contributed by atoms with Crippen molar-refractivity contribution in [3.63, 3.8) is 0 Å². The second-order valence-electron chi connectivity index (χ2n) is 5.50. The topological polar surface area (TPSA) is 35.2 Å². The molecule has 0 amide bonds. The number of hydrogen-bond acceptors (Lipinski definition) is 2. The summed E-state index contributed by atoms with van der Waals surface area (Å²) in [4.78, 5) is 0. The second kappa shape index (κ2) is 6.27. The molecule has 0 aliphatic rings. The van der Waals surface area contributed by atoms with Crippen molar-refractivity contribution in [1.82, 2.24) is 0 Å². The maximum absolute atomic E-state index is 6.07. The van der Waals surface area contributed by atoms with Gasteiger partial charge in [0.05, 0.1) is 0 Å². The molecule has 1 unspecified atom stereocenters. The second-order valence-corrected chi connectivity index (χ2v) is 5.50. The smallest absolute Gasteiger partial charge is 0.125 e. The molecule has 1 aromatic rings. The van der Waals surface area contributed by atoms with E-state index in [-0.39, 0.29) is 23.9 Å². The predicted octanol–water partition coefficient (Wildman–Crippen LogP) is 3.48. The number of rotatable bonds is 3. The summed E-state index contributed by atoms with van der Waals surface area (Å²) < 4.78 is 5.83. The van der Waals surface area contributed by atoms with Crippen LogP contribution in [-0.2, 0) is 0 Å². The van der Waals surface area contributed by atoms with E-state index >= 15 is 0 Å². The Morgan fingerprint density at radius 1 is 1.18 bits per heavy atom. The largest absolute Gasteiger partial charge is 0.491 e. The number of aryl methyl sites for hydroxylation is 2. The summed E-state index contributed by atoms with van der Waals surface area (Å²) in [5.41, 5.74) is 8.49. The summed E-state index contributed by atoms with van der Waals surface area (Å²) in [6, 6.07) is 6.21. The highest BCUT2D eigenvalue weighted by atomic mass is 35.5. The van der Waals surface area contributed by atoms with Crippen LogP contribution < -0.4 is 10.5 Å². The average molecular weight is 258 g/mol. The van der Waals surface area contributed by atoms with Crippen LogP contribution in [0.3, 0.4) is 0 Å². The maximum atomic E-state index is 6.07. The van der Waals surface area contributed by atoms with Gasteiger partial charge in [0, 0.05) is 6.04 Å². The molecule has 2 N–H and O–H groups in total. The molecule has 0 aromatic heterocycles. The van der Waals surface area contributed by atoms with Gasteiger partial charge in [-0.3, -0.25) is 0 Å². The molecular weight excluding hydrogens is 234 g/mol. The van der Waals surface area contributed by atoms with Gasteiger partial charge < -0.3 is 10.5 Å². The Balaban J connectivity index is 0.00000256. The predicted molar refractivity (Wildman–Crippen MR) is 76.1 cm³/mol. The van der Waals surface area contributed by atoms with E-state index in [0.717, 1.165) is 5.75 Å². The highest BCUT2D eigenvalue weighted by Crippen LogP contribution is 2.24. The van der Waals surface area contributed by atoms with Gasteiger partial charge in [0.25, 0.3) is 0 Å². The minimum Gasteiger partial charge on any atom is -0.491 e. The zero-order valence-corrected chi connectivity index (χ0v) is 12.2. The molecule has 1 aromatic carbocycles. The number of benzene rings is 1. The third kappa shape index (κ3) is 4.57. The standard InChI is InChI=1S/C14H23NO.ClH/c1-10-7-6-8-11(2)13(10)16-9-12(15)14(3,4)5;/h6-8,12H,9,15H2,1-5H3;1H. The fraction of sp³-hybridized carbons (Fsp3) is 0.571. The lowest BCUT2D eigenvalue weighted by atomic mass is 9.88. The van der Waals surface area contributed by atoms with Gasteiger partial charge in [0.15, 0.2) is 0 Å². The van der Waals surface area contributed by atoms with Crippen LogP contribution in [0.5, 0.6) is 5.75 Å². The van der Waals surface area contributed by atoms with Crippen LogP contribution >= 0.6 is 12.4 Å². The normalized spacial score (nSPS) is 12.8. The molecule has 0 spiro atoms. The number of halogens is 1. The van der Waals surface area contributed by atoms with Crippen molar-refractivity contribution in [2.75, 3.05) is 6.61 Å². The van der Waals surface area contributed by atoms with Gasteiger partial charge in [-0.05, 0) is 30.4 Å². The minimum absolute atomic E-state index is 0. The Kier molecular flexibility index (Phi) is 6.00. The van der Waals surface area contributed by atoms with Crippen LogP contribution in [0.4, 0.5) is 0 Å². The molecule has 0 saturated carbocycles. The van der Waals surface area contributed by atoms with E-state index in [9.17, 15) is 0 Å². The third-order valence-electron chi connectivity index (χ3n) is 2.93. The molecule has 2 nitrogen and oxygen atoms in total. The maximum Gasteiger partial charge on any atom is 0.125 e. The van der Waals surface area contributed by atoms with Crippen molar-refractivity contribution in [3.8, 4) is 5.75 Å².